The van der Waals surface area contributed by atoms with Crippen molar-refractivity contribution in [3.05, 3.63) is 306 Å². The molecule has 22 rings (SSSR count). The number of nitrogens with zero attached hydrogens (tertiary/aromatic N) is 25. The van der Waals surface area contributed by atoms with Gasteiger partial charge in [-0.25, -0.2) is 29.9 Å². The van der Waals surface area contributed by atoms with Gasteiger partial charge in [0.1, 0.15) is 31.8 Å². The van der Waals surface area contributed by atoms with Crippen molar-refractivity contribution in [1.29, 1.82) is 0 Å². The van der Waals surface area contributed by atoms with E-state index in [9.17, 15) is 28.8 Å². The minimum Gasteiger partial charge on any atom is -0.429 e. The van der Waals surface area contributed by atoms with E-state index in [1.165, 1.54) is 0 Å². The first kappa shape index (κ1) is 94.6. The lowest BCUT2D eigenvalue weighted by molar-refractivity contribution is -0.121. The van der Waals surface area contributed by atoms with Gasteiger partial charge in [0.15, 0.2) is 33.9 Å². The second-order valence-corrected chi connectivity index (χ2v) is 36.8. The van der Waals surface area contributed by atoms with Gasteiger partial charge in [-0.2, -0.15) is 0 Å². The molecule has 688 valence electrons. The molecule has 4 saturated heterocycles. The molecule has 0 bridgehead atoms. The quantitative estimate of drug-likeness (QED) is 0.0721. The highest BCUT2D eigenvalue weighted by Gasteiger charge is 2.26. The van der Waals surface area contributed by atoms with Gasteiger partial charge >= 0.3 is 0 Å². The lowest BCUT2D eigenvalue weighted by atomic mass is 10.1. The molecule has 39 heteroatoms. The first-order valence-corrected chi connectivity index (χ1v) is 47.9. The van der Waals surface area contributed by atoms with Crippen molar-refractivity contribution in [2.75, 3.05) is 126 Å². The zero-order chi connectivity index (χ0) is 94.3. The van der Waals surface area contributed by atoms with E-state index in [-0.39, 0.29) is 23.6 Å². The maximum absolute atomic E-state index is 12.6. The number of benzene rings is 6. The minimum atomic E-state index is 0.0532. The Balaban J connectivity index is 0.000000114. The summed E-state index contributed by atoms with van der Waals surface area (Å²) in [5, 5.41) is 0. The van der Waals surface area contributed by atoms with E-state index in [4.69, 9.17) is 14.2 Å². The largest absolute Gasteiger partial charge is 0.429 e. The summed E-state index contributed by atoms with van der Waals surface area (Å²) in [7, 11) is 6.25. The van der Waals surface area contributed by atoms with Crippen molar-refractivity contribution < 1.29 is 43.0 Å². The topological polar surface area (TPSA) is 334 Å². The molecule has 4 aliphatic rings. The second-order valence-electron chi connectivity index (χ2n) is 31.9. The fourth-order valence-electron chi connectivity index (χ4n) is 15.2. The third-order valence-corrected chi connectivity index (χ3v) is 26.7. The van der Waals surface area contributed by atoms with Crippen LogP contribution >= 0.6 is 99.6 Å². The van der Waals surface area contributed by atoms with Gasteiger partial charge in [0.2, 0.25) is 0 Å². The monoisotopic (exact) mass is 2280 g/mol. The molecule has 4 fully saturated rings. The molecule has 34 nitrogen and oxygen atoms in total. The number of carbonyl (C=O) groups is 6. The molecule has 136 heavy (non-hydrogen) atoms. The summed E-state index contributed by atoms with van der Waals surface area (Å²) >= 11 is 13.6. The van der Waals surface area contributed by atoms with Gasteiger partial charge < -0.3 is 52.9 Å². The Morgan fingerprint density at radius 3 is 0.846 bits per heavy atom. The van der Waals surface area contributed by atoms with Gasteiger partial charge in [-0.15, -0.1) is 0 Å². The van der Waals surface area contributed by atoms with Gasteiger partial charge in [0.05, 0.1) is 116 Å². The molecule has 4 amide bonds. The zero-order valence-electron chi connectivity index (χ0n) is 73.5. The van der Waals surface area contributed by atoms with Crippen molar-refractivity contribution in [3.63, 3.8) is 0 Å². The summed E-state index contributed by atoms with van der Waals surface area (Å²) in [5.41, 5.74) is 18.6. The Morgan fingerprint density at radius 1 is 0.301 bits per heavy atom. The first-order valence-electron chi connectivity index (χ1n) is 43.1. The molecule has 0 aliphatic carbocycles. The molecule has 6 aromatic carbocycles. The Bertz CT molecular complexity index is 7000. The minimum absolute atomic E-state index is 0.0532. The fourth-order valence-corrected chi connectivity index (χ4v) is 17.5. The number of piperazine rings is 3. The van der Waals surface area contributed by atoms with Crippen LogP contribution < -0.4 is 9.47 Å². The van der Waals surface area contributed by atoms with Crippen molar-refractivity contribution in [2.24, 2.45) is 0 Å². The van der Waals surface area contributed by atoms with Crippen LogP contribution in [0, 0.1) is 11.1 Å². The molecule has 18 aromatic rings. The third-order valence-electron chi connectivity index (χ3n) is 23.1. The highest BCUT2D eigenvalue weighted by atomic mass is 127. The van der Waals surface area contributed by atoms with E-state index < -0.39 is 0 Å². The average Bonchev–Trinajstić information content (AvgIpc) is 1.70. The van der Waals surface area contributed by atoms with Crippen LogP contribution in [0.5, 0.6) is 11.5 Å². The van der Waals surface area contributed by atoms with Crippen LogP contribution in [-0.2, 0) is 14.3 Å². The van der Waals surface area contributed by atoms with Crippen molar-refractivity contribution in [2.45, 2.75) is 0 Å². The number of aromatic nitrogens is 18. The van der Waals surface area contributed by atoms with E-state index in [0.29, 0.717) is 56.3 Å². The van der Waals surface area contributed by atoms with Gasteiger partial charge in [-0.05, 0) is 218 Å². The number of hydrogen-bond donors (Lipinski definition) is 0. The number of imidazole rings is 6. The number of ether oxygens (including phenoxy) is 3. The molecule has 0 unspecified atom stereocenters. The fraction of sp³-hybridized carbons (Fsp3) is 0.196. The molecule has 0 radical (unpaired) electrons. The summed E-state index contributed by atoms with van der Waals surface area (Å²) in [6.07, 6.45) is 34.6. The first-order chi connectivity index (χ1) is 66.2. The molecule has 0 spiro atoms. The normalized spacial score (nSPS) is 14.1. The van der Waals surface area contributed by atoms with Gasteiger partial charge in [0, 0.05) is 197 Å². The number of morpholine rings is 1. The number of likely N-dealkylation sites (N-methyl/N-ethyl adjacent to an activating group) is 3. The smallest absolute Gasteiger partial charge is 0.298 e. The summed E-state index contributed by atoms with van der Waals surface area (Å²) in [6.45, 7) is 13.6. The SMILES string of the molecule is CN1CCN(C(=O)c2ccc(-c3cn4c(Br)cnc4cn3)cc2)CC1.CN1CCN(C(=O)c2ccc(-c3cn4c(I)cnc4cn3)cc2)CC1.CN1CCN(C(=O)c2ccc(-c3cn4ccnc4cn3)cc2)CC1.O=C(c1ccc(-c2cn3c(I)cnc3cn2)cc1)N1CCOCC1.O=COc1ccc(-c2cn3c(Br)cnc3cn2)cc1.O=COc1ccc(-c2cn3c(I)cnc3cn2)cc1. The summed E-state index contributed by atoms with van der Waals surface area (Å²) in [5.74, 6) is 1.37. The zero-order valence-corrected chi connectivity index (χ0v) is 83.2. The van der Waals surface area contributed by atoms with Crippen LogP contribution in [0.3, 0.4) is 0 Å². The Hall–Kier alpha value is -13.2. The van der Waals surface area contributed by atoms with E-state index in [1.807, 2.05) is 223 Å². The highest BCUT2D eigenvalue weighted by molar-refractivity contribution is 14.1. The Kier molecular flexibility index (Phi) is 30.7. The lowest BCUT2D eigenvalue weighted by Crippen LogP contribution is -2.47. The van der Waals surface area contributed by atoms with E-state index >= 15 is 0 Å². The van der Waals surface area contributed by atoms with Crippen molar-refractivity contribution >= 4 is 170 Å². The van der Waals surface area contributed by atoms with Crippen molar-refractivity contribution in [3.8, 4) is 79.0 Å². The number of rotatable bonds is 14. The van der Waals surface area contributed by atoms with Gasteiger partial charge in [-0.3, -0.25) is 80.7 Å². The standard InChI is InChI=1S/C18H18BrN5O.C18H18IN5O.C18H19N5O.C17H15IN4O2.C13H8BrN3O2.C13H8IN3O2/c2*1-22-6-8-23(9-7-22)18(25)14-4-2-13(3-5-14)15-12-24-16(19)10-21-17(24)11-20-15;1-21-8-10-22(11-9-21)18(24)15-4-2-14(3-5-15)16-13-23-7-6-19-17(23)12-20-16;18-15-9-20-16-10-19-14(11-22(15)16)12-1-3-13(4-2-12)17(23)21-5-7-24-8-6-21;2*14-12-5-16-13-6-15-11(7-17(12)13)9-1-3-10(4-2-9)19-8-18/h2*2-5,10-12H,6-9H2,1H3;2-7,12-13H,8-11H2,1H3;1-4,9-11H,5-8H2;2*1-8H. The number of amides is 4. The van der Waals surface area contributed by atoms with Crippen LogP contribution in [0.4, 0.5) is 0 Å². The molecule has 0 saturated carbocycles. The molecule has 12 aromatic heterocycles. The lowest BCUT2D eigenvalue weighted by Gasteiger charge is -2.32. The number of hydrogen-bond acceptors (Lipinski definition) is 24. The molecular weight excluding hydrogens is 2200 g/mol. The van der Waals surface area contributed by atoms with E-state index in [2.05, 4.69) is 195 Å². The predicted octanol–water partition coefficient (Wildman–Crippen LogP) is 14.4. The number of fused-ring (bicyclic) bond motifs is 6. The van der Waals surface area contributed by atoms with Crippen LogP contribution in [0.2, 0.25) is 0 Å². The number of halogens is 5. The maximum atomic E-state index is 12.6. The average molecular weight is 2290 g/mol. The molecule has 0 atom stereocenters. The third kappa shape index (κ3) is 22.8. The van der Waals surface area contributed by atoms with Crippen LogP contribution in [0.15, 0.2) is 273 Å². The van der Waals surface area contributed by atoms with E-state index in [0.717, 1.165) is 217 Å². The van der Waals surface area contributed by atoms with Crippen LogP contribution in [-0.4, -0.2) is 283 Å². The van der Waals surface area contributed by atoms with Crippen LogP contribution in [0.1, 0.15) is 41.4 Å². The van der Waals surface area contributed by atoms with Gasteiger partial charge in [-0.1, -0.05) is 48.5 Å². The summed E-state index contributed by atoms with van der Waals surface area (Å²) < 4.78 is 31.4. The summed E-state index contributed by atoms with van der Waals surface area (Å²) in [6, 6.07) is 44.9. The predicted molar refractivity (Wildman–Crippen MR) is 544 cm³/mol. The highest BCUT2D eigenvalue weighted by Crippen LogP contribution is 2.30. The Morgan fingerprint density at radius 2 is 0.551 bits per heavy atom. The number of carbonyl (C=O) groups excluding carboxylic acids is 6. The second kappa shape index (κ2) is 44.1. The molecule has 16 heterocycles. The van der Waals surface area contributed by atoms with Crippen LogP contribution in [0.25, 0.3) is 101 Å². The molecular formula is C97H86Br2I3N25O9. The molecule has 0 N–H and O–H groups in total. The Labute approximate surface area is 837 Å². The maximum Gasteiger partial charge on any atom is 0.298 e. The molecule has 4 aliphatic heterocycles. The van der Waals surface area contributed by atoms with E-state index in [1.54, 1.807) is 86.2 Å². The van der Waals surface area contributed by atoms with Gasteiger partial charge in [0.25, 0.3) is 36.6 Å². The summed E-state index contributed by atoms with van der Waals surface area (Å²) in [4.78, 5) is 137. The van der Waals surface area contributed by atoms with Crippen molar-refractivity contribution in [1.82, 2.24) is 121 Å².